The highest BCUT2D eigenvalue weighted by atomic mass is 79.9. The van der Waals surface area contributed by atoms with Crippen molar-refractivity contribution in [3.8, 4) is 0 Å². The smallest absolute Gasteiger partial charge is 0.105 e. The van der Waals surface area contributed by atoms with E-state index in [9.17, 15) is 10.2 Å². The molecule has 16 heavy (non-hydrogen) atoms. The first kappa shape index (κ1) is 13.6. The summed E-state index contributed by atoms with van der Waals surface area (Å²) in [4.78, 5) is 0. The molecule has 2 unspecified atom stereocenters. The van der Waals surface area contributed by atoms with Crippen molar-refractivity contribution < 1.29 is 10.2 Å². The van der Waals surface area contributed by atoms with Gasteiger partial charge in [0.2, 0.25) is 0 Å². The minimum Gasteiger partial charge on any atom is -0.390 e. The lowest BCUT2D eigenvalue weighted by molar-refractivity contribution is 0.0136. The Labute approximate surface area is 105 Å². The number of rotatable bonds is 5. The second kappa shape index (κ2) is 6.35. The van der Waals surface area contributed by atoms with E-state index in [4.69, 9.17) is 0 Å². The van der Waals surface area contributed by atoms with E-state index in [0.29, 0.717) is 13.0 Å². The van der Waals surface area contributed by atoms with Gasteiger partial charge in [-0.1, -0.05) is 28.1 Å². The van der Waals surface area contributed by atoms with Gasteiger partial charge in [0.05, 0.1) is 6.10 Å². The number of nitrogens with one attached hydrogen (secondary N) is 1. The summed E-state index contributed by atoms with van der Waals surface area (Å²) in [6.45, 7) is 2.61. The molecule has 1 aromatic carbocycles. The standard InChI is InChI=1S/C12H18BrNO2/c1-8-9(4-3-5-10(8)13)12(16)11(15)6-7-14-2/h3-5,11-12,14-16H,6-7H2,1-2H3. The van der Waals surface area contributed by atoms with Gasteiger partial charge in [0.1, 0.15) is 6.10 Å². The van der Waals surface area contributed by atoms with Crippen LogP contribution >= 0.6 is 15.9 Å². The molecule has 0 radical (unpaired) electrons. The summed E-state index contributed by atoms with van der Waals surface area (Å²) in [5.74, 6) is 0. The zero-order chi connectivity index (χ0) is 12.1. The van der Waals surface area contributed by atoms with Gasteiger partial charge in [0, 0.05) is 4.47 Å². The third-order valence-electron chi connectivity index (χ3n) is 2.68. The van der Waals surface area contributed by atoms with E-state index >= 15 is 0 Å². The molecule has 0 bridgehead atoms. The summed E-state index contributed by atoms with van der Waals surface area (Å²) >= 11 is 3.41. The van der Waals surface area contributed by atoms with Crippen LogP contribution in [0.5, 0.6) is 0 Å². The first-order chi connectivity index (χ1) is 7.57. The van der Waals surface area contributed by atoms with E-state index in [1.165, 1.54) is 0 Å². The molecule has 2 atom stereocenters. The molecule has 0 aliphatic carbocycles. The number of aliphatic hydroxyl groups is 2. The minimum absolute atomic E-state index is 0.531. The minimum atomic E-state index is -0.828. The van der Waals surface area contributed by atoms with E-state index in [1.54, 1.807) is 0 Å². The zero-order valence-electron chi connectivity index (χ0n) is 9.57. The Morgan fingerprint density at radius 1 is 1.38 bits per heavy atom. The molecular weight excluding hydrogens is 270 g/mol. The lowest BCUT2D eigenvalue weighted by atomic mass is 9.98. The molecule has 0 spiro atoms. The molecule has 0 amide bonds. The maximum absolute atomic E-state index is 10.0. The first-order valence-electron chi connectivity index (χ1n) is 5.33. The maximum atomic E-state index is 10.0. The predicted octanol–water partition coefficient (Wildman–Crippen LogP) is 1.76. The van der Waals surface area contributed by atoms with Gasteiger partial charge in [-0.15, -0.1) is 0 Å². The SMILES string of the molecule is CNCCC(O)C(O)c1cccc(Br)c1C. The molecule has 0 aliphatic heterocycles. The van der Waals surface area contributed by atoms with Gasteiger partial charge < -0.3 is 15.5 Å². The Kier molecular flexibility index (Phi) is 5.41. The van der Waals surface area contributed by atoms with Crippen LogP contribution in [0, 0.1) is 6.92 Å². The van der Waals surface area contributed by atoms with Crippen LogP contribution in [0.2, 0.25) is 0 Å². The number of hydrogen-bond donors (Lipinski definition) is 3. The lowest BCUT2D eigenvalue weighted by Crippen LogP contribution is -2.23. The second-order valence-corrected chi connectivity index (χ2v) is 4.71. The van der Waals surface area contributed by atoms with Crippen molar-refractivity contribution in [2.45, 2.75) is 25.6 Å². The van der Waals surface area contributed by atoms with Gasteiger partial charge in [-0.25, -0.2) is 0 Å². The molecule has 0 aliphatic rings. The molecule has 4 heteroatoms. The normalized spacial score (nSPS) is 14.8. The van der Waals surface area contributed by atoms with Crippen LogP contribution < -0.4 is 5.32 Å². The van der Waals surface area contributed by atoms with E-state index in [1.807, 2.05) is 32.2 Å². The van der Waals surface area contributed by atoms with Gasteiger partial charge in [-0.2, -0.15) is 0 Å². The highest BCUT2D eigenvalue weighted by molar-refractivity contribution is 9.10. The van der Waals surface area contributed by atoms with Crippen molar-refractivity contribution in [1.82, 2.24) is 5.32 Å². The quantitative estimate of drug-likeness (QED) is 0.774. The Morgan fingerprint density at radius 2 is 2.06 bits per heavy atom. The van der Waals surface area contributed by atoms with E-state index in [0.717, 1.165) is 15.6 Å². The maximum Gasteiger partial charge on any atom is 0.105 e. The number of hydrogen-bond acceptors (Lipinski definition) is 3. The molecule has 3 nitrogen and oxygen atoms in total. The largest absolute Gasteiger partial charge is 0.390 e. The average Bonchev–Trinajstić information content (AvgIpc) is 2.28. The highest BCUT2D eigenvalue weighted by Crippen LogP contribution is 2.27. The molecule has 1 rings (SSSR count). The van der Waals surface area contributed by atoms with E-state index in [-0.39, 0.29) is 0 Å². The lowest BCUT2D eigenvalue weighted by Gasteiger charge is -2.20. The van der Waals surface area contributed by atoms with E-state index < -0.39 is 12.2 Å². The second-order valence-electron chi connectivity index (χ2n) is 3.86. The van der Waals surface area contributed by atoms with Gasteiger partial charge in [0.15, 0.2) is 0 Å². The Balaban J connectivity index is 2.79. The third kappa shape index (κ3) is 3.28. The van der Waals surface area contributed by atoms with Crippen molar-refractivity contribution in [3.63, 3.8) is 0 Å². The van der Waals surface area contributed by atoms with Crippen molar-refractivity contribution in [2.75, 3.05) is 13.6 Å². The van der Waals surface area contributed by atoms with Gasteiger partial charge >= 0.3 is 0 Å². The molecule has 0 saturated heterocycles. The van der Waals surface area contributed by atoms with Gasteiger partial charge in [-0.05, 0) is 44.1 Å². The highest BCUT2D eigenvalue weighted by Gasteiger charge is 2.19. The predicted molar refractivity (Wildman–Crippen MR) is 68.4 cm³/mol. The summed E-state index contributed by atoms with van der Waals surface area (Å²) in [5, 5.41) is 22.8. The fourth-order valence-corrected chi connectivity index (χ4v) is 1.98. The third-order valence-corrected chi connectivity index (χ3v) is 3.54. The number of benzene rings is 1. The van der Waals surface area contributed by atoms with Crippen LogP contribution in [-0.4, -0.2) is 29.9 Å². The molecule has 0 aromatic heterocycles. The van der Waals surface area contributed by atoms with Crippen LogP contribution in [0.3, 0.4) is 0 Å². The van der Waals surface area contributed by atoms with E-state index in [2.05, 4.69) is 21.2 Å². The molecule has 1 aromatic rings. The van der Waals surface area contributed by atoms with Crippen molar-refractivity contribution in [1.29, 1.82) is 0 Å². The Hall–Kier alpha value is -0.420. The van der Waals surface area contributed by atoms with Crippen molar-refractivity contribution in [3.05, 3.63) is 33.8 Å². The molecule has 90 valence electrons. The van der Waals surface area contributed by atoms with Crippen LogP contribution in [0.1, 0.15) is 23.7 Å². The summed E-state index contributed by atoms with van der Waals surface area (Å²) < 4.78 is 0.949. The zero-order valence-corrected chi connectivity index (χ0v) is 11.2. The van der Waals surface area contributed by atoms with Crippen LogP contribution in [0.4, 0.5) is 0 Å². The summed E-state index contributed by atoms with van der Waals surface area (Å²) in [5.41, 5.74) is 1.75. The summed E-state index contributed by atoms with van der Waals surface area (Å²) in [6, 6.07) is 5.62. The van der Waals surface area contributed by atoms with Gasteiger partial charge in [0.25, 0.3) is 0 Å². The molecule has 0 fully saturated rings. The van der Waals surface area contributed by atoms with Crippen LogP contribution in [-0.2, 0) is 0 Å². The van der Waals surface area contributed by atoms with Crippen molar-refractivity contribution in [2.24, 2.45) is 0 Å². The Bertz CT molecular complexity index is 344. The van der Waals surface area contributed by atoms with Crippen LogP contribution in [0.25, 0.3) is 0 Å². The van der Waals surface area contributed by atoms with Gasteiger partial charge in [-0.3, -0.25) is 0 Å². The average molecular weight is 288 g/mol. The fraction of sp³-hybridized carbons (Fsp3) is 0.500. The molecule has 3 N–H and O–H groups in total. The van der Waals surface area contributed by atoms with Crippen LogP contribution in [0.15, 0.2) is 22.7 Å². The molecular formula is C12H18BrNO2. The van der Waals surface area contributed by atoms with Crippen molar-refractivity contribution >= 4 is 15.9 Å². The number of halogens is 1. The molecule has 0 heterocycles. The summed E-state index contributed by atoms with van der Waals surface area (Å²) in [6.07, 6.45) is -1.03. The monoisotopic (exact) mass is 287 g/mol. The Morgan fingerprint density at radius 3 is 2.69 bits per heavy atom. The topological polar surface area (TPSA) is 52.5 Å². The molecule has 0 saturated carbocycles. The fourth-order valence-electron chi connectivity index (χ4n) is 1.60. The number of aliphatic hydroxyl groups excluding tert-OH is 2. The first-order valence-corrected chi connectivity index (χ1v) is 6.13. The summed E-state index contributed by atoms with van der Waals surface area (Å²) in [7, 11) is 1.82.